The van der Waals surface area contributed by atoms with Crippen molar-refractivity contribution in [2.75, 3.05) is 18.4 Å². The summed E-state index contributed by atoms with van der Waals surface area (Å²) in [4.78, 5) is 21.5. The number of anilines is 1. The second-order valence-electron chi connectivity index (χ2n) is 4.24. The van der Waals surface area contributed by atoms with Gasteiger partial charge in [0, 0.05) is 12.5 Å². The van der Waals surface area contributed by atoms with Gasteiger partial charge in [-0.2, -0.15) is 0 Å². The normalized spacial score (nSPS) is 14.9. The van der Waals surface area contributed by atoms with Crippen LogP contribution in [0.4, 0.5) is 11.4 Å². The second kappa shape index (κ2) is 5.01. The van der Waals surface area contributed by atoms with Crippen LogP contribution in [-0.4, -0.2) is 29.0 Å². The summed E-state index contributed by atoms with van der Waals surface area (Å²) in [6.07, 6.45) is 0.378. The standard InChI is InChI=1S/C11H13N3O4/c15-10-4-8(14(17)18)1-2-9(10)13-11(16)3-7-5-12-6-7/h1-2,4,7,12,15H,3,5-6H2,(H,13,16). The number of nitro groups is 1. The number of phenols is 1. The van der Waals surface area contributed by atoms with Crippen molar-refractivity contribution in [1.82, 2.24) is 5.32 Å². The molecule has 0 saturated carbocycles. The largest absolute Gasteiger partial charge is 0.506 e. The van der Waals surface area contributed by atoms with Gasteiger partial charge in [0.15, 0.2) is 0 Å². The van der Waals surface area contributed by atoms with Crippen molar-refractivity contribution in [2.45, 2.75) is 6.42 Å². The fourth-order valence-electron chi connectivity index (χ4n) is 1.70. The van der Waals surface area contributed by atoms with E-state index in [0.29, 0.717) is 12.3 Å². The van der Waals surface area contributed by atoms with Crippen molar-refractivity contribution in [2.24, 2.45) is 5.92 Å². The number of hydrogen-bond acceptors (Lipinski definition) is 5. The van der Waals surface area contributed by atoms with Gasteiger partial charge in [0.1, 0.15) is 5.75 Å². The highest BCUT2D eigenvalue weighted by molar-refractivity contribution is 5.92. The fourth-order valence-corrected chi connectivity index (χ4v) is 1.70. The molecule has 0 radical (unpaired) electrons. The van der Waals surface area contributed by atoms with Crippen LogP contribution in [0.3, 0.4) is 0 Å². The van der Waals surface area contributed by atoms with Crippen molar-refractivity contribution >= 4 is 17.3 Å². The van der Waals surface area contributed by atoms with Crippen LogP contribution >= 0.6 is 0 Å². The molecular formula is C11H13N3O4. The molecular weight excluding hydrogens is 238 g/mol. The molecule has 1 aromatic rings. The van der Waals surface area contributed by atoms with Crippen molar-refractivity contribution in [3.63, 3.8) is 0 Å². The highest BCUT2D eigenvalue weighted by Gasteiger charge is 2.20. The first-order chi connectivity index (χ1) is 8.56. The fraction of sp³-hybridized carbons (Fsp3) is 0.364. The summed E-state index contributed by atoms with van der Waals surface area (Å²) in [5.74, 6) is -0.180. The molecule has 0 unspecified atom stereocenters. The van der Waals surface area contributed by atoms with Crippen LogP contribution in [-0.2, 0) is 4.79 Å². The Bertz CT molecular complexity index is 485. The number of carbonyl (C=O) groups is 1. The summed E-state index contributed by atoms with van der Waals surface area (Å²) in [5, 5.41) is 25.6. The van der Waals surface area contributed by atoms with Crippen molar-refractivity contribution in [3.05, 3.63) is 28.3 Å². The van der Waals surface area contributed by atoms with Gasteiger partial charge in [0.2, 0.25) is 5.91 Å². The Labute approximate surface area is 103 Å². The molecule has 7 heteroatoms. The number of hydrogen-bond donors (Lipinski definition) is 3. The Hall–Kier alpha value is -2.15. The lowest BCUT2D eigenvalue weighted by molar-refractivity contribution is -0.384. The zero-order valence-electron chi connectivity index (χ0n) is 9.55. The van der Waals surface area contributed by atoms with E-state index in [-0.39, 0.29) is 23.0 Å². The van der Waals surface area contributed by atoms with Crippen LogP contribution < -0.4 is 10.6 Å². The van der Waals surface area contributed by atoms with E-state index in [1.165, 1.54) is 12.1 Å². The highest BCUT2D eigenvalue weighted by Crippen LogP contribution is 2.28. The van der Waals surface area contributed by atoms with Crippen molar-refractivity contribution in [3.8, 4) is 5.75 Å². The summed E-state index contributed by atoms with van der Waals surface area (Å²) >= 11 is 0. The van der Waals surface area contributed by atoms with Crippen molar-refractivity contribution < 1.29 is 14.8 Å². The number of non-ortho nitro benzene ring substituents is 1. The molecule has 0 aliphatic carbocycles. The molecule has 1 amide bonds. The van der Waals surface area contributed by atoms with Gasteiger partial charge < -0.3 is 15.7 Å². The lowest BCUT2D eigenvalue weighted by Crippen LogP contribution is -2.43. The topological polar surface area (TPSA) is 104 Å². The Morgan fingerprint density at radius 1 is 1.56 bits per heavy atom. The third-order valence-electron chi connectivity index (χ3n) is 2.81. The lowest BCUT2D eigenvalue weighted by atomic mass is 9.99. The predicted octanol–water partition coefficient (Wildman–Crippen LogP) is 0.848. The van der Waals surface area contributed by atoms with E-state index in [9.17, 15) is 20.0 Å². The van der Waals surface area contributed by atoms with Gasteiger partial charge in [-0.15, -0.1) is 0 Å². The van der Waals surface area contributed by atoms with E-state index in [2.05, 4.69) is 10.6 Å². The molecule has 0 atom stereocenters. The average molecular weight is 251 g/mol. The Kier molecular flexibility index (Phi) is 3.42. The average Bonchev–Trinajstić information content (AvgIpc) is 2.26. The number of phenolic OH excluding ortho intramolecular Hbond substituents is 1. The first-order valence-electron chi connectivity index (χ1n) is 5.54. The number of nitrogens with one attached hydrogen (secondary N) is 2. The molecule has 3 N–H and O–H groups in total. The van der Waals surface area contributed by atoms with E-state index in [1.807, 2.05) is 0 Å². The van der Waals surface area contributed by atoms with E-state index < -0.39 is 4.92 Å². The van der Waals surface area contributed by atoms with Gasteiger partial charge in [0.25, 0.3) is 5.69 Å². The van der Waals surface area contributed by atoms with Crippen LogP contribution in [0.15, 0.2) is 18.2 Å². The molecule has 1 aliphatic rings. The molecule has 1 aromatic carbocycles. The molecule has 7 nitrogen and oxygen atoms in total. The highest BCUT2D eigenvalue weighted by atomic mass is 16.6. The Morgan fingerprint density at radius 2 is 2.28 bits per heavy atom. The predicted molar refractivity (Wildman–Crippen MR) is 64.4 cm³/mol. The first-order valence-corrected chi connectivity index (χ1v) is 5.54. The number of nitrogens with zero attached hydrogens (tertiary/aromatic N) is 1. The molecule has 1 heterocycles. The number of rotatable bonds is 4. The molecule has 1 fully saturated rings. The summed E-state index contributed by atoms with van der Waals surface area (Å²) in [5.41, 5.74) is -0.0217. The van der Waals surface area contributed by atoms with E-state index >= 15 is 0 Å². The maximum absolute atomic E-state index is 11.6. The van der Waals surface area contributed by atoms with Crippen molar-refractivity contribution in [1.29, 1.82) is 0 Å². The molecule has 0 spiro atoms. The van der Waals surface area contributed by atoms with Crippen LogP contribution in [0.25, 0.3) is 0 Å². The minimum atomic E-state index is -0.606. The molecule has 18 heavy (non-hydrogen) atoms. The van der Waals surface area contributed by atoms with Crippen LogP contribution in [0.5, 0.6) is 5.75 Å². The van der Waals surface area contributed by atoms with Crippen LogP contribution in [0.2, 0.25) is 0 Å². The molecule has 1 aliphatic heterocycles. The summed E-state index contributed by atoms with van der Waals surface area (Å²) in [7, 11) is 0. The Morgan fingerprint density at radius 3 is 2.78 bits per heavy atom. The van der Waals surface area contributed by atoms with Gasteiger partial charge in [0.05, 0.1) is 16.7 Å². The lowest BCUT2D eigenvalue weighted by Gasteiger charge is -2.26. The van der Waals surface area contributed by atoms with E-state index in [0.717, 1.165) is 19.2 Å². The number of benzene rings is 1. The van der Waals surface area contributed by atoms with Gasteiger partial charge in [-0.3, -0.25) is 14.9 Å². The zero-order chi connectivity index (χ0) is 13.1. The number of aromatic hydroxyl groups is 1. The minimum absolute atomic E-state index is 0.192. The summed E-state index contributed by atoms with van der Waals surface area (Å²) in [6, 6.07) is 3.57. The first kappa shape index (κ1) is 12.3. The van der Waals surface area contributed by atoms with Gasteiger partial charge in [-0.25, -0.2) is 0 Å². The quantitative estimate of drug-likeness (QED) is 0.418. The summed E-state index contributed by atoms with van der Waals surface area (Å²) in [6.45, 7) is 1.64. The summed E-state index contributed by atoms with van der Waals surface area (Å²) < 4.78 is 0. The monoisotopic (exact) mass is 251 g/mol. The zero-order valence-corrected chi connectivity index (χ0v) is 9.55. The van der Waals surface area contributed by atoms with E-state index in [4.69, 9.17) is 0 Å². The third kappa shape index (κ3) is 2.75. The number of carbonyl (C=O) groups excluding carboxylic acids is 1. The van der Waals surface area contributed by atoms with Gasteiger partial charge >= 0.3 is 0 Å². The maximum atomic E-state index is 11.6. The van der Waals surface area contributed by atoms with Crippen LogP contribution in [0.1, 0.15) is 6.42 Å². The number of nitro benzene ring substituents is 1. The van der Waals surface area contributed by atoms with Gasteiger partial charge in [-0.05, 0) is 25.1 Å². The molecule has 0 bridgehead atoms. The van der Waals surface area contributed by atoms with Gasteiger partial charge in [-0.1, -0.05) is 0 Å². The molecule has 0 aromatic heterocycles. The second-order valence-corrected chi connectivity index (χ2v) is 4.24. The molecule has 1 saturated heterocycles. The minimum Gasteiger partial charge on any atom is -0.506 e. The number of amides is 1. The Balaban J connectivity index is 2.00. The van der Waals surface area contributed by atoms with Crippen LogP contribution in [0, 0.1) is 16.0 Å². The van der Waals surface area contributed by atoms with E-state index in [1.54, 1.807) is 0 Å². The molecule has 2 rings (SSSR count). The maximum Gasteiger partial charge on any atom is 0.273 e. The third-order valence-corrected chi connectivity index (χ3v) is 2.81. The smallest absolute Gasteiger partial charge is 0.273 e. The SMILES string of the molecule is O=C(CC1CNC1)Nc1ccc([N+](=O)[O-])cc1O. The molecule has 96 valence electrons.